The van der Waals surface area contributed by atoms with Gasteiger partial charge in [-0.05, 0) is 59.0 Å². The molecule has 0 heterocycles. The third kappa shape index (κ3) is 3.17. The number of primary amides is 1. The number of halogens is 1. The summed E-state index contributed by atoms with van der Waals surface area (Å²) < 4.78 is 6.40. The molecule has 1 amide bonds. The van der Waals surface area contributed by atoms with E-state index >= 15 is 0 Å². The average Bonchev–Trinajstić information content (AvgIpc) is 2.41. The third-order valence-electron chi connectivity index (χ3n) is 2.63. The first-order valence-corrected chi connectivity index (χ1v) is 6.69. The summed E-state index contributed by atoms with van der Waals surface area (Å²) >= 11 is 2.23. The van der Waals surface area contributed by atoms with Crippen LogP contribution in [-0.4, -0.2) is 13.0 Å². The standard InChI is InChI=1S/C14H13IN2O2/c1-19-12-4-2-3-11(14(16)18)13(12)17-10-7-5-9(15)6-8-10/h2-8,17H,1H3,(H2,16,18). The molecule has 19 heavy (non-hydrogen) atoms. The second-order valence-electron chi connectivity index (χ2n) is 3.88. The predicted molar refractivity (Wildman–Crippen MR) is 84.0 cm³/mol. The van der Waals surface area contributed by atoms with Crippen LogP contribution in [0.4, 0.5) is 11.4 Å². The zero-order chi connectivity index (χ0) is 13.8. The van der Waals surface area contributed by atoms with Crippen molar-refractivity contribution in [1.29, 1.82) is 0 Å². The molecule has 0 atom stereocenters. The van der Waals surface area contributed by atoms with Gasteiger partial charge in [-0.15, -0.1) is 0 Å². The predicted octanol–water partition coefficient (Wildman–Crippen LogP) is 3.14. The Bertz CT molecular complexity index is 597. The normalized spacial score (nSPS) is 10.0. The van der Waals surface area contributed by atoms with Crippen LogP contribution < -0.4 is 15.8 Å². The SMILES string of the molecule is COc1cccc(C(N)=O)c1Nc1ccc(I)cc1. The summed E-state index contributed by atoms with van der Waals surface area (Å²) in [7, 11) is 1.55. The van der Waals surface area contributed by atoms with Gasteiger partial charge in [-0.2, -0.15) is 0 Å². The van der Waals surface area contributed by atoms with E-state index in [9.17, 15) is 4.79 Å². The molecule has 0 bridgehead atoms. The van der Waals surface area contributed by atoms with Crippen molar-refractivity contribution >= 4 is 39.9 Å². The molecule has 0 fully saturated rings. The van der Waals surface area contributed by atoms with Crippen LogP contribution in [0.1, 0.15) is 10.4 Å². The number of benzene rings is 2. The first kappa shape index (κ1) is 13.7. The molecule has 0 aromatic heterocycles. The van der Waals surface area contributed by atoms with Crippen LogP contribution in [0, 0.1) is 3.57 Å². The van der Waals surface area contributed by atoms with Crippen LogP contribution in [-0.2, 0) is 0 Å². The van der Waals surface area contributed by atoms with E-state index in [1.54, 1.807) is 25.3 Å². The highest BCUT2D eigenvalue weighted by Gasteiger charge is 2.13. The number of hydrogen-bond acceptors (Lipinski definition) is 3. The summed E-state index contributed by atoms with van der Waals surface area (Å²) in [5.74, 6) is 0.0850. The molecule has 0 aliphatic carbocycles. The van der Waals surface area contributed by atoms with Crippen molar-refractivity contribution in [2.24, 2.45) is 5.73 Å². The summed E-state index contributed by atoms with van der Waals surface area (Å²) in [4.78, 5) is 11.5. The lowest BCUT2D eigenvalue weighted by molar-refractivity contribution is 0.100. The Kier molecular flexibility index (Phi) is 4.26. The number of hydrogen-bond donors (Lipinski definition) is 2. The third-order valence-corrected chi connectivity index (χ3v) is 3.34. The molecule has 0 spiro atoms. The van der Waals surface area contributed by atoms with Gasteiger partial charge in [-0.3, -0.25) is 4.79 Å². The molecular formula is C14H13IN2O2. The fourth-order valence-corrected chi connectivity index (χ4v) is 2.07. The highest BCUT2D eigenvalue weighted by atomic mass is 127. The van der Waals surface area contributed by atoms with Crippen LogP contribution in [0.15, 0.2) is 42.5 Å². The summed E-state index contributed by atoms with van der Waals surface area (Å²) in [5, 5.41) is 3.17. The fourth-order valence-electron chi connectivity index (χ4n) is 1.71. The van der Waals surface area contributed by atoms with E-state index < -0.39 is 5.91 Å². The molecule has 2 rings (SSSR count). The Labute approximate surface area is 125 Å². The maximum Gasteiger partial charge on any atom is 0.250 e. The summed E-state index contributed by atoms with van der Waals surface area (Å²) in [6, 6.07) is 13.0. The molecule has 0 saturated carbocycles. The van der Waals surface area contributed by atoms with E-state index in [-0.39, 0.29) is 0 Å². The second kappa shape index (κ2) is 5.92. The smallest absolute Gasteiger partial charge is 0.250 e. The van der Waals surface area contributed by atoms with Gasteiger partial charge in [-0.25, -0.2) is 0 Å². The van der Waals surface area contributed by atoms with Crippen molar-refractivity contribution in [3.63, 3.8) is 0 Å². The van der Waals surface area contributed by atoms with Crippen molar-refractivity contribution in [1.82, 2.24) is 0 Å². The molecule has 98 valence electrons. The number of amides is 1. The van der Waals surface area contributed by atoms with Crippen molar-refractivity contribution in [2.75, 3.05) is 12.4 Å². The first-order valence-electron chi connectivity index (χ1n) is 5.61. The second-order valence-corrected chi connectivity index (χ2v) is 5.12. The zero-order valence-electron chi connectivity index (χ0n) is 10.3. The summed E-state index contributed by atoms with van der Waals surface area (Å²) in [5.41, 5.74) is 7.23. The first-order chi connectivity index (χ1) is 9.11. The largest absolute Gasteiger partial charge is 0.495 e. The minimum atomic E-state index is -0.494. The van der Waals surface area contributed by atoms with Gasteiger partial charge < -0.3 is 15.8 Å². The number of methoxy groups -OCH3 is 1. The number of anilines is 2. The molecule has 2 aromatic rings. The minimum Gasteiger partial charge on any atom is -0.495 e. The van der Waals surface area contributed by atoms with Gasteiger partial charge in [0, 0.05) is 9.26 Å². The molecule has 5 heteroatoms. The van der Waals surface area contributed by atoms with Gasteiger partial charge in [0.15, 0.2) is 0 Å². The zero-order valence-corrected chi connectivity index (χ0v) is 12.5. The van der Waals surface area contributed by atoms with Crippen LogP contribution in [0.3, 0.4) is 0 Å². The minimum absolute atomic E-state index is 0.401. The van der Waals surface area contributed by atoms with Crippen molar-refractivity contribution in [2.45, 2.75) is 0 Å². The summed E-state index contributed by atoms with van der Waals surface area (Å²) in [6.07, 6.45) is 0. The van der Waals surface area contributed by atoms with Gasteiger partial charge in [0.1, 0.15) is 5.75 Å². The van der Waals surface area contributed by atoms with Crippen LogP contribution in [0.2, 0.25) is 0 Å². The lowest BCUT2D eigenvalue weighted by atomic mass is 10.1. The van der Waals surface area contributed by atoms with Gasteiger partial charge in [0.2, 0.25) is 0 Å². The van der Waals surface area contributed by atoms with Gasteiger partial charge >= 0.3 is 0 Å². The Hall–Kier alpha value is -1.76. The van der Waals surface area contributed by atoms with E-state index in [2.05, 4.69) is 27.9 Å². The van der Waals surface area contributed by atoms with E-state index in [4.69, 9.17) is 10.5 Å². The van der Waals surface area contributed by atoms with Crippen LogP contribution >= 0.6 is 22.6 Å². The molecule has 3 N–H and O–H groups in total. The molecule has 2 aromatic carbocycles. The van der Waals surface area contributed by atoms with Crippen LogP contribution in [0.5, 0.6) is 5.75 Å². The maximum absolute atomic E-state index is 11.5. The maximum atomic E-state index is 11.5. The highest BCUT2D eigenvalue weighted by Crippen LogP contribution is 2.31. The number of nitrogens with two attached hydrogens (primary N) is 1. The topological polar surface area (TPSA) is 64.3 Å². The molecule has 0 saturated heterocycles. The number of carbonyl (C=O) groups is 1. The van der Waals surface area contributed by atoms with Gasteiger partial charge in [-0.1, -0.05) is 6.07 Å². The quantitative estimate of drug-likeness (QED) is 0.815. The van der Waals surface area contributed by atoms with E-state index in [0.717, 1.165) is 9.26 Å². The molecule has 4 nitrogen and oxygen atoms in total. The van der Waals surface area contributed by atoms with Gasteiger partial charge in [0.25, 0.3) is 5.91 Å². The fraction of sp³-hybridized carbons (Fsp3) is 0.0714. The lowest BCUT2D eigenvalue weighted by Gasteiger charge is -2.14. The number of nitrogens with one attached hydrogen (secondary N) is 1. The molecule has 0 aliphatic heterocycles. The highest BCUT2D eigenvalue weighted by molar-refractivity contribution is 14.1. The number of rotatable bonds is 4. The molecule has 0 unspecified atom stereocenters. The lowest BCUT2D eigenvalue weighted by Crippen LogP contribution is -2.13. The Balaban J connectivity index is 2.42. The summed E-state index contributed by atoms with van der Waals surface area (Å²) in [6.45, 7) is 0. The van der Waals surface area contributed by atoms with Crippen molar-refractivity contribution in [3.8, 4) is 5.75 Å². The number of ether oxygens (including phenoxy) is 1. The Morgan fingerprint density at radius 1 is 1.21 bits per heavy atom. The molecule has 0 radical (unpaired) electrons. The molecular weight excluding hydrogens is 355 g/mol. The average molecular weight is 368 g/mol. The number of carbonyl (C=O) groups excluding carboxylic acids is 1. The van der Waals surface area contributed by atoms with E-state index in [1.807, 2.05) is 24.3 Å². The number of para-hydroxylation sites is 1. The monoisotopic (exact) mass is 368 g/mol. The molecule has 0 aliphatic rings. The van der Waals surface area contributed by atoms with Crippen LogP contribution in [0.25, 0.3) is 0 Å². The van der Waals surface area contributed by atoms with Gasteiger partial charge in [0.05, 0.1) is 18.4 Å². The van der Waals surface area contributed by atoms with Crippen molar-refractivity contribution < 1.29 is 9.53 Å². The Morgan fingerprint density at radius 3 is 2.47 bits per heavy atom. The van der Waals surface area contributed by atoms with E-state index in [0.29, 0.717) is 17.0 Å². The van der Waals surface area contributed by atoms with Crippen molar-refractivity contribution in [3.05, 3.63) is 51.6 Å². The Morgan fingerprint density at radius 2 is 1.89 bits per heavy atom. The van der Waals surface area contributed by atoms with E-state index in [1.165, 1.54) is 0 Å².